The summed E-state index contributed by atoms with van der Waals surface area (Å²) in [6.45, 7) is 3.25. The highest BCUT2D eigenvalue weighted by atomic mass is 35.5. The lowest BCUT2D eigenvalue weighted by Crippen LogP contribution is -2.31. The molecular formula is C30H36ClNO3. The summed E-state index contributed by atoms with van der Waals surface area (Å²) in [6, 6.07) is 22.8. The van der Waals surface area contributed by atoms with Gasteiger partial charge in [0.25, 0.3) is 0 Å². The van der Waals surface area contributed by atoms with Crippen molar-refractivity contribution >= 4 is 12.4 Å². The van der Waals surface area contributed by atoms with E-state index in [1.807, 2.05) is 42.5 Å². The van der Waals surface area contributed by atoms with E-state index in [1.165, 1.54) is 11.1 Å². The molecule has 3 rings (SSSR count). The van der Waals surface area contributed by atoms with Gasteiger partial charge in [0.1, 0.15) is 5.75 Å². The van der Waals surface area contributed by atoms with Crippen LogP contribution in [0.1, 0.15) is 35.6 Å². The average molecular weight is 494 g/mol. The van der Waals surface area contributed by atoms with E-state index in [0.29, 0.717) is 6.04 Å². The van der Waals surface area contributed by atoms with Crippen LogP contribution in [0.15, 0.2) is 66.7 Å². The summed E-state index contributed by atoms with van der Waals surface area (Å²) in [5, 5.41) is 0. The van der Waals surface area contributed by atoms with E-state index in [0.717, 1.165) is 54.2 Å². The topological polar surface area (TPSA) is 30.9 Å². The molecule has 3 aromatic rings. The number of likely N-dealkylation sites (N-methyl/N-ethyl adjacent to an activating group) is 1. The zero-order valence-corrected chi connectivity index (χ0v) is 22.2. The van der Waals surface area contributed by atoms with Crippen molar-refractivity contribution in [3.05, 3.63) is 89.0 Å². The molecule has 4 nitrogen and oxygen atoms in total. The Bertz CT molecular complexity index is 1120. The van der Waals surface area contributed by atoms with E-state index < -0.39 is 0 Å². The molecule has 5 heteroatoms. The summed E-state index contributed by atoms with van der Waals surface area (Å²) < 4.78 is 16.3. The van der Waals surface area contributed by atoms with Gasteiger partial charge in [-0.25, -0.2) is 0 Å². The minimum Gasteiger partial charge on any atom is -0.497 e. The van der Waals surface area contributed by atoms with Gasteiger partial charge >= 0.3 is 0 Å². The van der Waals surface area contributed by atoms with Gasteiger partial charge in [0.05, 0.1) is 21.3 Å². The predicted molar refractivity (Wildman–Crippen MR) is 146 cm³/mol. The fraction of sp³-hybridized carbons (Fsp3) is 0.333. The van der Waals surface area contributed by atoms with Crippen LogP contribution in [0.5, 0.6) is 17.2 Å². The Morgan fingerprint density at radius 1 is 0.800 bits per heavy atom. The molecule has 0 aliphatic heterocycles. The van der Waals surface area contributed by atoms with Crippen LogP contribution in [0, 0.1) is 11.8 Å². The maximum atomic E-state index is 5.47. The van der Waals surface area contributed by atoms with Gasteiger partial charge in [0, 0.05) is 23.7 Å². The second-order valence-electron chi connectivity index (χ2n) is 8.45. The predicted octanol–water partition coefficient (Wildman–Crippen LogP) is 6.03. The number of benzene rings is 3. The first kappa shape index (κ1) is 28.1. The van der Waals surface area contributed by atoms with Crippen molar-refractivity contribution in [2.24, 2.45) is 0 Å². The molecule has 0 saturated carbocycles. The molecule has 0 amide bonds. The van der Waals surface area contributed by atoms with Crippen LogP contribution in [-0.4, -0.2) is 45.9 Å². The molecule has 0 saturated heterocycles. The van der Waals surface area contributed by atoms with E-state index in [2.05, 4.69) is 55.0 Å². The minimum atomic E-state index is 0. The first-order valence-electron chi connectivity index (χ1n) is 11.7. The molecule has 0 fully saturated rings. The van der Waals surface area contributed by atoms with Crippen molar-refractivity contribution in [1.29, 1.82) is 0 Å². The number of hydrogen-bond acceptors (Lipinski definition) is 4. The normalized spacial score (nSPS) is 11.1. The maximum Gasteiger partial charge on any atom is 0.160 e. The largest absolute Gasteiger partial charge is 0.497 e. The molecule has 0 heterocycles. The number of nitrogens with zero attached hydrogens (tertiary/aromatic N) is 1. The van der Waals surface area contributed by atoms with Gasteiger partial charge in [-0.2, -0.15) is 0 Å². The van der Waals surface area contributed by atoms with Crippen LogP contribution >= 0.6 is 12.4 Å². The fourth-order valence-corrected chi connectivity index (χ4v) is 3.83. The number of ether oxygens (including phenoxy) is 3. The second kappa shape index (κ2) is 14.3. The second-order valence-corrected chi connectivity index (χ2v) is 8.45. The van der Waals surface area contributed by atoms with Gasteiger partial charge in [-0.3, -0.25) is 0 Å². The number of aryl methyl sites for hydroxylation is 1. The monoisotopic (exact) mass is 493 g/mol. The molecule has 1 atom stereocenters. The zero-order valence-electron chi connectivity index (χ0n) is 21.3. The number of halogens is 1. The maximum absolute atomic E-state index is 5.47. The van der Waals surface area contributed by atoms with Gasteiger partial charge in [0.15, 0.2) is 11.5 Å². The van der Waals surface area contributed by atoms with Crippen molar-refractivity contribution in [3.63, 3.8) is 0 Å². The highest BCUT2D eigenvalue weighted by molar-refractivity contribution is 5.85. The lowest BCUT2D eigenvalue weighted by Gasteiger charge is -2.25. The summed E-state index contributed by atoms with van der Waals surface area (Å²) in [7, 11) is 7.23. The van der Waals surface area contributed by atoms with Gasteiger partial charge in [-0.15, -0.1) is 12.4 Å². The number of hydrogen-bond donors (Lipinski definition) is 0. The standard InChI is InChI=1S/C30H35NO3.ClH/c1-23(31(2)20-19-25-13-18-29(33-4)30(21-25)34-5)11-14-27-22-28(32-3)17-16-26(27)15-12-24-9-7-6-8-10-24;/h6-10,13,16-18,21-23H,11,14,19-20H2,1-5H3;1H. The Morgan fingerprint density at radius 2 is 1.54 bits per heavy atom. The summed E-state index contributed by atoms with van der Waals surface area (Å²) in [5.74, 6) is 9.05. The van der Waals surface area contributed by atoms with Crippen LogP contribution in [0.25, 0.3) is 0 Å². The Balaban J connectivity index is 0.00000432. The molecule has 1 unspecified atom stereocenters. The molecule has 0 aliphatic rings. The molecule has 0 N–H and O–H groups in total. The molecule has 0 aliphatic carbocycles. The van der Waals surface area contributed by atoms with Crippen LogP contribution in [-0.2, 0) is 12.8 Å². The van der Waals surface area contributed by atoms with Crippen molar-refractivity contribution in [2.75, 3.05) is 34.9 Å². The highest BCUT2D eigenvalue weighted by Crippen LogP contribution is 2.28. The number of methoxy groups -OCH3 is 3. The summed E-state index contributed by atoms with van der Waals surface area (Å²) in [4.78, 5) is 2.41. The van der Waals surface area contributed by atoms with Gasteiger partial charge < -0.3 is 19.1 Å². The van der Waals surface area contributed by atoms with E-state index in [9.17, 15) is 0 Å². The van der Waals surface area contributed by atoms with Crippen LogP contribution in [0.4, 0.5) is 0 Å². The van der Waals surface area contributed by atoms with Crippen LogP contribution in [0.2, 0.25) is 0 Å². The summed E-state index contributed by atoms with van der Waals surface area (Å²) in [5.41, 5.74) is 4.54. The van der Waals surface area contributed by atoms with Crippen molar-refractivity contribution in [3.8, 4) is 29.1 Å². The first-order chi connectivity index (χ1) is 16.5. The van der Waals surface area contributed by atoms with Gasteiger partial charge in [0.2, 0.25) is 0 Å². The van der Waals surface area contributed by atoms with Crippen molar-refractivity contribution < 1.29 is 14.2 Å². The molecule has 3 aromatic carbocycles. The number of rotatable bonds is 10. The molecule has 0 radical (unpaired) electrons. The first-order valence-corrected chi connectivity index (χ1v) is 11.7. The third-order valence-corrected chi connectivity index (χ3v) is 6.21. The average Bonchev–Trinajstić information content (AvgIpc) is 2.89. The van der Waals surface area contributed by atoms with E-state index >= 15 is 0 Å². The van der Waals surface area contributed by atoms with Gasteiger partial charge in [-0.05, 0) is 86.8 Å². The highest BCUT2D eigenvalue weighted by Gasteiger charge is 2.12. The van der Waals surface area contributed by atoms with Gasteiger partial charge in [-0.1, -0.05) is 36.1 Å². The minimum absolute atomic E-state index is 0. The van der Waals surface area contributed by atoms with E-state index in [1.54, 1.807) is 21.3 Å². The summed E-state index contributed by atoms with van der Waals surface area (Å²) >= 11 is 0. The molecule has 0 spiro atoms. The Morgan fingerprint density at radius 3 is 2.23 bits per heavy atom. The summed E-state index contributed by atoms with van der Waals surface area (Å²) in [6.07, 6.45) is 2.93. The van der Waals surface area contributed by atoms with Crippen LogP contribution < -0.4 is 14.2 Å². The SMILES string of the molecule is COc1ccc(C#Cc2ccccc2)c(CCC(C)N(C)CCc2ccc(OC)c(OC)c2)c1.Cl. The molecule has 0 aromatic heterocycles. The lowest BCUT2D eigenvalue weighted by molar-refractivity contribution is 0.249. The Kier molecular flexibility index (Phi) is 11.5. The van der Waals surface area contributed by atoms with Crippen molar-refractivity contribution in [1.82, 2.24) is 4.90 Å². The molecular weight excluding hydrogens is 458 g/mol. The Hall–Kier alpha value is -3.13. The molecule has 186 valence electrons. The molecule has 35 heavy (non-hydrogen) atoms. The fourth-order valence-electron chi connectivity index (χ4n) is 3.83. The third-order valence-electron chi connectivity index (χ3n) is 6.21. The van der Waals surface area contributed by atoms with Crippen molar-refractivity contribution in [2.45, 2.75) is 32.2 Å². The third kappa shape index (κ3) is 8.24. The zero-order chi connectivity index (χ0) is 24.3. The van der Waals surface area contributed by atoms with E-state index in [4.69, 9.17) is 14.2 Å². The van der Waals surface area contributed by atoms with Crippen LogP contribution in [0.3, 0.4) is 0 Å². The smallest absolute Gasteiger partial charge is 0.160 e. The molecule has 0 bridgehead atoms. The van der Waals surface area contributed by atoms with E-state index in [-0.39, 0.29) is 12.4 Å². The lowest BCUT2D eigenvalue weighted by atomic mass is 9.99. The Labute approximate surface area is 216 Å². The quantitative estimate of drug-likeness (QED) is 0.323.